The lowest BCUT2D eigenvalue weighted by atomic mass is 10.1. The maximum Gasteiger partial charge on any atom is 0.253 e. The summed E-state index contributed by atoms with van der Waals surface area (Å²) in [5.74, 6) is 5.75. The van der Waals surface area contributed by atoms with E-state index in [-0.39, 0.29) is 5.91 Å². The fourth-order valence-corrected chi connectivity index (χ4v) is 2.39. The van der Waals surface area contributed by atoms with Crippen molar-refractivity contribution in [3.05, 3.63) is 35.4 Å². The lowest BCUT2D eigenvalue weighted by molar-refractivity contribution is 0.0701. The quantitative estimate of drug-likeness (QED) is 0.816. The first-order chi connectivity index (χ1) is 10.4. The highest BCUT2D eigenvalue weighted by Gasteiger charge is 2.22. The van der Waals surface area contributed by atoms with E-state index in [0.717, 1.165) is 31.6 Å². The van der Waals surface area contributed by atoms with Crippen molar-refractivity contribution in [3.8, 4) is 11.8 Å². The molecule has 1 amide bonds. The Labute approximate surface area is 132 Å². The maximum absolute atomic E-state index is 12.5. The summed E-state index contributed by atoms with van der Waals surface area (Å²) in [6.45, 7) is 7.77. The van der Waals surface area contributed by atoms with Crippen LogP contribution in [0.5, 0.6) is 0 Å². The second-order valence-corrected chi connectivity index (χ2v) is 6.20. The van der Waals surface area contributed by atoms with Gasteiger partial charge in [0.15, 0.2) is 0 Å². The number of rotatable bonds is 2. The minimum Gasteiger partial charge on any atom is -0.378 e. The first-order valence-electron chi connectivity index (χ1n) is 7.77. The molecule has 1 aliphatic heterocycles. The van der Waals surface area contributed by atoms with Crippen LogP contribution in [-0.2, 0) is 0 Å². The lowest BCUT2D eigenvalue weighted by Gasteiger charge is -2.33. The molecule has 1 aromatic carbocycles. The van der Waals surface area contributed by atoms with Crippen LogP contribution >= 0.6 is 0 Å². The van der Waals surface area contributed by atoms with E-state index in [2.05, 4.69) is 24.1 Å². The van der Waals surface area contributed by atoms with E-state index in [4.69, 9.17) is 0 Å². The van der Waals surface area contributed by atoms with Crippen molar-refractivity contribution in [2.24, 2.45) is 0 Å². The number of hydrogen-bond acceptors (Lipinski definition) is 3. The molecule has 1 aliphatic rings. The summed E-state index contributed by atoms with van der Waals surface area (Å²) in [5, 5.41) is 13.0. The van der Waals surface area contributed by atoms with Gasteiger partial charge in [0.25, 0.3) is 5.91 Å². The van der Waals surface area contributed by atoms with Gasteiger partial charge in [-0.15, -0.1) is 0 Å². The molecule has 2 N–H and O–H groups in total. The molecular formula is C18H24N2O2. The number of aliphatic hydroxyl groups is 1. The molecule has 2 rings (SSSR count). The topological polar surface area (TPSA) is 52.6 Å². The predicted octanol–water partition coefficient (Wildman–Crippen LogP) is 1.63. The SMILES string of the molecule is CCC1CN(C(=O)c2ccc(C#CC(C)(C)O)cc2)CCN1. The fourth-order valence-electron chi connectivity index (χ4n) is 2.39. The first kappa shape index (κ1) is 16.5. The van der Waals surface area contributed by atoms with Gasteiger partial charge in [0.1, 0.15) is 5.60 Å². The van der Waals surface area contributed by atoms with E-state index in [9.17, 15) is 9.90 Å². The number of carbonyl (C=O) groups is 1. The molecule has 0 spiro atoms. The molecule has 0 saturated carbocycles. The first-order valence-corrected chi connectivity index (χ1v) is 7.77. The Balaban J connectivity index is 2.06. The van der Waals surface area contributed by atoms with E-state index in [1.54, 1.807) is 26.0 Å². The molecule has 1 unspecified atom stereocenters. The van der Waals surface area contributed by atoms with E-state index >= 15 is 0 Å². The van der Waals surface area contributed by atoms with Crippen LogP contribution < -0.4 is 5.32 Å². The zero-order valence-electron chi connectivity index (χ0n) is 13.5. The van der Waals surface area contributed by atoms with E-state index < -0.39 is 5.60 Å². The summed E-state index contributed by atoms with van der Waals surface area (Å²) in [5.41, 5.74) is 0.473. The molecule has 1 atom stereocenters. The smallest absolute Gasteiger partial charge is 0.253 e. The molecule has 1 heterocycles. The molecule has 1 aromatic rings. The molecule has 118 valence electrons. The van der Waals surface area contributed by atoms with Crippen molar-refractivity contribution >= 4 is 5.91 Å². The Hall–Kier alpha value is -1.83. The highest BCUT2D eigenvalue weighted by atomic mass is 16.3. The third-order valence-electron chi connectivity index (χ3n) is 3.68. The average molecular weight is 300 g/mol. The Morgan fingerprint density at radius 2 is 2.09 bits per heavy atom. The zero-order valence-corrected chi connectivity index (χ0v) is 13.5. The van der Waals surface area contributed by atoms with Crippen LogP contribution in [0.25, 0.3) is 0 Å². The average Bonchev–Trinajstić information content (AvgIpc) is 2.52. The molecule has 0 aromatic heterocycles. The molecule has 4 nitrogen and oxygen atoms in total. The molecule has 4 heteroatoms. The van der Waals surface area contributed by atoms with Gasteiger partial charge in [0.2, 0.25) is 0 Å². The third-order valence-corrected chi connectivity index (χ3v) is 3.68. The monoisotopic (exact) mass is 300 g/mol. The molecule has 0 bridgehead atoms. The van der Waals surface area contributed by atoms with Crippen molar-refractivity contribution in [1.82, 2.24) is 10.2 Å². The van der Waals surface area contributed by atoms with Crippen molar-refractivity contribution in [2.75, 3.05) is 19.6 Å². The molecular weight excluding hydrogens is 276 g/mol. The number of hydrogen-bond donors (Lipinski definition) is 2. The summed E-state index contributed by atoms with van der Waals surface area (Å²) in [7, 11) is 0. The van der Waals surface area contributed by atoms with Crippen LogP contribution in [0.4, 0.5) is 0 Å². The van der Waals surface area contributed by atoms with E-state index in [1.807, 2.05) is 17.0 Å². The number of nitrogens with one attached hydrogen (secondary N) is 1. The number of benzene rings is 1. The highest BCUT2D eigenvalue weighted by molar-refractivity contribution is 5.94. The van der Waals surface area contributed by atoms with Gasteiger partial charge >= 0.3 is 0 Å². The highest BCUT2D eigenvalue weighted by Crippen LogP contribution is 2.11. The molecule has 1 saturated heterocycles. The van der Waals surface area contributed by atoms with Crippen LogP contribution in [0.15, 0.2) is 24.3 Å². The number of amides is 1. The summed E-state index contributed by atoms with van der Waals surface area (Å²) < 4.78 is 0. The molecule has 0 radical (unpaired) electrons. The third kappa shape index (κ3) is 4.59. The van der Waals surface area contributed by atoms with Crippen molar-refractivity contribution in [2.45, 2.75) is 38.8 Å². The van der Waals surface area contributed by atoms with Crippen LogP contribution in [0.1, 0.15) is 43.1 Å². The maximum atomic E-state index is 12.5. The van der Waals surface area contributed by atoms with Crippen LogP contribution in [0.3, 0.4) is 0 Å². The Kier molecular flexibility index (Phi) is 5.23. The molecule has 1 fully saturated rings. The fraction of sp³-hybridized carbons (Fsp3) is 0.500. The lowest BCUT2D eigenvalue weighted by Crippen LogP contribution is -2.52. The summed E-state index contributed by atoms with van der Waals surface area (Å²) in [6, 6.07) is 7.64. The van der Waals surface area contributed by atoms with Crippen LogP contribution in [0.2, 0.25) is 0 Å². The number of piperazine rings is 1. The second-order valence-electron chi connectivity index (χ2n) is 6.20. The van der Waals surface area contributed by atoms with Gasteiger partial charge in [0, 0.05) is 36.8 Å². The van der Waals surface area contributed by atoms with Gasteiger partial charge in [-0.25, -0.2) is 0 Å². The largest absolute Gasteiger partial charge is 0.378 e. The van der Waals surface area contributed by atoms with Gasteiger partial charge < -0.3 is 15.3 Å². The van der Waals surface area contributed by atoms with Gasteiger partial charge in [-0.3, -0.25) is 4.79 Å². The second kappa shape index (κ2) is 6.95. The van der Waals surface area contributed by atoms with Crippen molar-refractivity contribution < 1.29 is 9.90 Å². The number of nitrogens with zero attached hydrogens (tertiary/aromatic N) is 1. The predicted molar refractivity (Wildman–Crippen MR) is 87.6 cm³/mol. The van der Waals surface area contributed by atoms with Gasteiger partial charge in [0.05, 0.1) is 0 Å². The van der Waals surface area contributed by atoms with E-state index in [0.29, 0.717) is 11.6 Å². The van der Waals surface area contributed by atoms with Crippen molar-refractivity contribution in [3.63, 3.8) is 0 Å². The van der Waals surface area contributed by atoms with Gasteiger partial charge in [-0.05, 0) is 44.5 Å². The molecule has 22 heavy (non-hydrogen) atoms. The van der Waals surface area contributed by atoms with Crippen LogP contribution in [0, 0.1) is 11.8 Å². The normalized spacial score (nSPS) is 18.5. The van der Waals surface area contributed by atoms with Gasteiger partial charge in [-0.2, -0.15) is 0 Å². The zero-order chi connectivity index (χ0) is 16.2. The Morgan fingerprint density at radius 1 is 1.41 bits per heavy atom. The molecule has 0 aliphatic carbocycles. The summed E-state index contributed by atoms with van der Waals surface area (Å²) in [6.07, 6.45) is 1.02. The Morgan fingerprint density at radius 3 is 2.68 bits per heavy atom. The summed E-state index contributed by atoms with van der Waals surface area (Å²) in [4.78, 5) is 14.4. The minimum atomic E-state index is -1.01. The Bertz CT molecular complexity index is 576. The van der Waals surface area contributed by atoms with Crippen LogP contribution in [-0.4, -0.2) is 47.2 Å². The summed E-state index contributed by atoms with van der Waals surface area (Å²) >= 11 is 0. The standard InChI is InChI=1S/C18H24N2O2/c1-4-16-13-20(12-11-19-16)17(21)15-7-5-14(6-8-15)9-10-18(2,3)22/h5-8,16,19,22H,4,11-13H2,1-3H3. The van der Waals surface area contributed by atoms with Gasteiger partial charge in [-0.1, -0.05) is 18.8 Å². The number of carbonyl (C=O) groups excluding carboxylic acids is 1. The minimum absolute atomic E-state index is 0.0712. The van der Waals surface area contributed by atoms with E-state index in [1.165, 1.54) is 0 Å². The van der Waals surface area contributed by atoms with Crippen molar-refractivity contribution in [1.29, 1.82) is 0 Å².